The lowest BCUT2D eigenvalue weighted by Gasteiger charge is -2.27. The van der Waals surface area contributed by atoms with Gasteiger partial charge in [-0.05, 0) is 0 Å². The van der Waals surface area contributed by atoms with Gasteiger partial charge < -0.3 is 14.8 Å². The van der Waals surface area contributed by atoms with E-state index < -0.39 is 10.0 Å². The molecule has 7 nitrogen and oxygen atoms in total. The molecule has 0 radical (unpaired) electrons. The SMILES string of the molecule is O=S(=O)(CCN1CCNCC1)NCC1COCCO1. The van der Waals surface area contributed by atoms with E-state index in [0.717, 1.165) is 26.2 Å². The van der Waals surface area contributed by atoms with Gasteiger partial charge in [-0.25, -0.2) is 13.1 Å². The molecule has 0 spiro atoms. The molecule has 0 saturated carbocycles. The van der Waals surface area contributed by atoms with Crippen LogP contribution in [0.5, 0.6) is 0 Å². The molecule has 1 unspecified atom stereocenters. The zero-order valence-corrected chi connectivity index (χ0v) is 12.0. The molecule has 0 bridgehead atoms. The second-order valence-electron chi connectivity index (χ2n) is 4.83. The lowest BCUT2D eigenvalue weighted by molar-refractivity contribution is -0.0846. The number of nitrogens with one attached hydrogen (secondary N) is 2. The molecule has 2 fully saturated rings. The second-order valence-corrected chi connectivity index (χ2v) is 6.75. The molecule has 0 aromatic rings. The molecular formula is C11H23N3O4S. The normalized spacial score (nSPS) is 26.4. The monoisotopic (exact) mass is 293 g/mol. The van der Waals surface area contributed by atoms with Crippen molar-refractivity contribution in [2.24, 2.45) is 0 Å². The zero-order valence-electron chi connectivity index (χ0n) is 11.1. The fraction of sp³-hybridized carbons (Fsp3) is 1.00. The molecule has 8 heteroatoms. The van der Waals surface area contributed by atoms with Gasteiger partial charge in [-0.2, -0.15) is 0 Å². The van der Waals surface area contributed by atoms with Crippen LogP contribution in [-0.4, -0.2) is 84.3 Å². The third kappa shape index (κ3) is 5.72. The number of ether oxygens (including phenoxy) is 2. The van der Waals surface area contributed by atoms with Crippen LogP contribution in [0, 0.1) is 0 Å². The van der Waals surface area contributed by atoms with E-state index in [1.165, 1.54) is 0 Å². The Hall–Kier alpha value is -0.250. The van der Waals surface area contributed by atoms with E-state index in [2.05, 4.69) is 14.9 Å². The van der Waals surface area contributed by atoms with Crippen LogP contribution in [0.1, 0.15) is 0 Å². The predicted octanol–water partition coefficient (Wildman–Crippen LogP) is -1.77. The Balaban J connectivity index is 1.65. The van der Waals surface area contributed by atoms with Gasteiger partial charge in [0, 0.05) is 39.3 Å². The molecule has 0 aliphatic carbocycles. The lowest BCUT2D eigenvalue weighted by Crippen LogP contribution is -2.46. The summed E-state index contributed by atoms with van der Waals surface area (Å²) in [4.78, 5) is 2.16. The van der Waals surface area contributed by atoms with Crippen LogP contribution in [0.25, 0.3) is 0 Å². The quantitative estimate of drug-likeness (QED) is 0.603. The fourth-order valence-electron chi connectivity index (χ4n) is 2.13. The molecule has 2 N–H and O–H groups in total. The highest BCUT2D eigenvalue weighted by molar-refractivity contribution is 7.89. The summed E-state index contributed by atoms with van der Waals surface area (Å²) < 4.78 is 37.0. The molecule has 1 atom stereocenters. The highest BCUT2D eigenvalue weighted by atomic mass is 32.2. The third-order valence-corrected chi connectivity index (χ3v) is 4.63. The van der Waals surface area contributed by atoms with Gasteiger partial charge in [0.25, 0.3) is 0 Å². The summed E-state index contributed by atoms with van der Waals surface area (Å²) in [7, 11) is -3.23. The van der Waals surface area contributed by atoms with Gasteiger partial charge in [0.15, 0.2) is 0 Å². The molecule has 19 heavy (non-hydrogen) atoms. The van der Waals surface area contributed by atoms with E-state index in [1.807, 2.05) is 0 Å². The maximum absolute atomic E-state index is 11.9. The van der Waals surface area contributed by atoms with E-state index in [1.54, 1.807) is 0 Å². The van der Waals surface area contributed by atoms with Gasteiger partial charge >= 0.3 is 0 Å². The summed E-state index contributed by atoms with van der Waals surface area (Å²) in [5.41, 5.74) is 0. The van der Waals surface area contributed by atoms with Crippen LogP contribution in [0.2, 0.25) is 0 Å². The van der Waals surface area contributed by atoms with Gasteiger partial charge in [-0.15, -0.1) is 0 Å². The van der Waals surface area contributed by atoms with E-state index in [4.69, 9.17) is 9.47 Å². The Morgan fingerprint density at radius 2 is 2.05 bits per heavy atom. The van der Waals surface area contributed by atoms with Gasteiger partial charge in [-0.3, -0.25) is 4.90 Å². The number of rotatable bonds is 6. The van der Waals surface area contributed by atoms with E-state index >= 15 is 0 Å². The third-order valence-electron chi connectivity index (χ3n) is 3.30. The van der Waals surface area contributed by atoms with Crippen molar-refractivity contribution in [1.29, 1.82) is 0 Å². The van der Waals surface area contributed by atoms with Crippen molar-refractivity contribution in [3.63, 3.8) is 0 Å². The molecule has 2 saturated heterocycles. The Bertz CT molecular complexity index is 323. The first-order valence-electron chi connectivity index (χ1n) is 6.75. The van der Waals surface area contributed by atoms with Crippen molar-refractivity contribution in [3.8, 4) is 0 Å². The average molecular weight is 293 g/mol. The van der Waals surface area contributed by atoms with Crippen molar-refractivity contribution in [2.75, 3.05) is 64.8 Å². The maximum atomic E-state index is 11.9. The van der Waals surface area contributed by atoms with E-state index in [0.29, 0.717) is 32.9 Å². The highest BCUT2D eigenvalue weighted by Crippen LogP contribution is 2.00. The van der Waals surface area contributed by atoms with E-state index in [9.17, 15) is 8.42 Å². The Kier molecular flexibility index (Phi) is 5.99. The van der Waals surface area contributed by atoms with Crippen molar-refractivity contribution >= 4 is 10.0 Å². The maximum Gasteiger partial charge on any atom is 0.212 e. The topological polar surface area (TPSA) is 79.9 Å². The number of hydrogen-bond acceptors (Lipinski definition) is 6. The standard InChI is InChI=1S/C11H23N3O4S/c15-19(16,8-5-14-3-1-12-2-4-14)13-9-11-10-17-6-7-18-11/h11-13H,1-10H2. The Morgan fingerprint density at radius 1 is 1.26 bits per heavy atom. The number of sulfonamides is 1. The lowest BCUT2D eigenvalue weighted by atomic mass is 10.3. The van der Waals surface area contributed by atoms with Crippen molar-refractivity contribution in [2.45, 2.75) is 6.10 Å². The summed E-state index contributed by atoms with van der Waals surface area (Å²) >= 11 is 0. The van der Waals surface area contributed by atoms with Crippen LogP contribution in [0.15, 0.2) is 0 Å². The first kappa shape index (κ1) is 15.1. The molecule has 2 aliphatic heterocycles. The van der Waals surface area contributed by atoms with Gasteiger partial charge in [0.2, 0.25) is 10.0 Å². The fourth-order valence-corrected chi connectivity index (χ4v) is 3.21. The summed E-state index contributed by atoms with van der Waals surface area (Å²) in [6.45, 7) is 6.15. The van der Waals surface area contributed by atoms with E-state index in [-0.39, 0.29) is 11.9 Å². The molecule has 112 valence electrons. The second kappa shape index (κ2) is 7.51. The molecule has 0 amide bonds. The first-order valence-corrected chi connectivity index (χ1v) is 8.41. The molecule has 0 aromatic carbocycles. The van der Waals surface area contributed by atoms with Gasteiger partial charge in [0.05, 0.1) is 31.7 Å². The minimum atomic E-state index is -3.23. The molecular weight excluding hydrogens is 270 g/mol. The van der Waals surface area contributed by atoms with Crippen molar-refractivity contribution < 1.29 is 17.9 Å². The van der Waals surface area contributed by atoms with Crippen molar-refractivity contribution in [1.82, 2.24) is 14.9 Å². The highest BCUT2D eigenvalue weighted by Gasteiger charge is 2.19. The number of piperazine rings is 1. The zero-order chi connectivity index (χ0) is 13.6. The van der Waals surface area contributed by atoms with Gasteiger partial charge in [0.1, 0.15) is 0 Å². The first-order chi connectivity index (χ1) is 9.16. The molecule has 2 heterocycles. The number of hydrogen-bond donors (Lipinski definition) is 2. The van der Waals surface area contributed by atoms with Crippen LogP contribution < -0.4 is 10.0 Å². The summed E-state index contributed by atoms with van der Waals surface area (Å²) in [5.74, 6) is 0.139. The van der Waals surface area contributed by atoms with Crippen LogP contribution in [0.4, 0.5) is 0 Å². The minimum Gasteiger partial charge on any atom is -0.376 e. The summed E-state index contributed by atoms with van der Waals surface area (Å²) in [5, 5.41) is 3.24. The van der Waals surface area contributed by atoms with Gasteiger partial charge in [-0.1, -0.05) is 0 Å². The van der Waals surface area contributed by atoms with Crippen molar-refractivity contribution in [3.05, 3.63) is 0 Å². The van der Waals surface area contributed by atoms with Crippen LogP contribution >= 0.6 is 0 Å². The Morgan fingerprint density at radius 3 is 2.74 bits per heavy atom. The molecule has 2 aliphatic rings. The summed E-state index contributed by atoms with van der Waals surface area (Å²) in [6.07, 6.45) is -0.164. The largest absolute Gasteiger partial charge is 0.376 e. The van der Waals surface area contributed by atoms with Crippen LogP contribution in [0.3, 0.4) is 0 Å². The smallest absolute Gasteiger partial charge is 0.212 e. The average Bonchev–Trinajstić information content (AvgIpc) is 2.46. The molecule has 2 rings (SSSR count). The minimum absolute atomic E-state index is 0.139. The predicted molar refractivity (Wildman–Crippen MR) is 71.7 cm³/mol. The molecule has 0 aromatic heterocycles. The summed E-state index contributed by atoms with van der Waals surface area (Å²) in [6, 6.07) is 0. The Labute approximate surface area is 114 Å². The number of nitrogens with zero attached hydrogens (tertiary/aromatic N) is 1. The van der Waals surface area contributed by atoms with Crippen LogP contribution in [-0.2, 0) is 19.5 Å².